The minimum absolute atomic E-state index is 0.0226. The molecule has 2 heteroatoms. The van der Waals surface area contributed by atoms with E-state index in [2.05, 4.69) is 40.4 Å². The van der Waals surface area contributed by atoms with Gasteiger partial charge in [0.25, 0.3) is 0 Å². The molecule has 0 aromatic rings. The van der Waals surface area contributed by atoms with Crippen molar-refractivity contribution >= 4 is 11.9 Å². The molecule has 14 heavy (non-hydrogen) atoms. The average molecular weight is 182 g/mol. The summed E-state index contributed by atoms with van der Waals surface area (Å²) in [6.45, 7) is 0. The molecule has 3 aliphatic rings. The Balaban J connectivity index is 2.21. The Hall–Kier alpha value is -1.70. The molecular formula is C12H10N2. The third-order valence-corrected chi connectivity index (χ3v) is 2.93. The van der Waals surface area contributed by atoms with Crippen LogP contribution in [-0.4, -0.2) is 11.9 Å². The van der Waals surface area contributed by atoms with Crippen LogP contribution in [0.1, 0.15) is 6.42 Å². The van der Waals surface area contributed by atoms with E-state index in [1.165, 1.54) is 5.57 Å². The fourth-order valence-corrected chi connectivity index (χ4v) is 2.15. The molecule has 3 rings (SSSR count). The van der Waals surface area contributed by atoms with Gasteiger partial charge in [-0.3, -0.25) is 9.98 Å². The lowest BCUT2D eigenvalue weighted by Crippen LogP contribution is -2.29. The lowest BCUT2D eigenvalue weighted by atomic mass is 9.72. The quantitative estimate of drug-likeness (QED) is 0.549. The van der Waals surface area contributed by atoms with Crippen LogP contribution in [0.25, 0.3) is 0 Å². The molecule has 0 fully saturated rings. The van der Waals surface area contributed by atoms with Crippen LogP contribution in [0.2, 0.25) is 0 Å². The molecule has 0 radical (unpaired) electrons. The van der Waals surface area contributed by atoms with Gasteiger partial charge in [0.15, 0.2) is 0 Å². The molecule has 0 aromatic heterocycles. The van der Waals surface area contributed by atoms with Crippen LogP contribution in [0.3, 0.4) is 0 Å². The topological polar surface area (TPSA) is 24.7 Å². The third kappa shape index (κ3) is 0.854. The molecule has 0 N–H and O–H groups in total. The maximum atomic E-state index is 4.39. The summed E-state index contributed by atoms with van der Waals surface area (Å²) in [6, 6.07) is 0. The molecule has 0 saturated carbocycles. The van der Waals surface area contributed by atoms with Gasteiger partial charge in [-0.1, -0.05) is 12.2 Å². The van der Waals surface area contributed by atoms with Crippen LogP contribution >= 0.6 is 0 Å². The van der Waals surface area contributed by atoms with E-state index in [-0.39, 0.29) is 5.41 Å². The first-order valence-corrected chi connectivity index (χ1v) is 4.75. The van der Waals surface area contributed by atoms with Gasteiger partial charge in [-0.05, 0) is 23.8 Å². The predicted molar refractivity (Wildman–Crippen MR) is 58.5 cm³/mol. The van der Waals surface area contributed by atoms with E-state index in [0.717, 1.165) is 12.1 Å². The van der Waals surface area contributed by atoms with Crippen molar-refractivity contribution in [2.45, 2.75) is 6.42 Å². The van der Waals surface area contributed by atoms with Gasteiger partial charge in [-0.2, -0.15) is 0 Å². The highest BCUT2D eigenvalue weighted by Gasteiger charge is 2.38. The standard InChI is InChI=1S/C12H10N2/c1-2-10-4-7-13-8-5-12(10)6-9-14-11(12)3-1/h1-4,6-9H,5H2. The van der Waals surface area contributed by atoms with Gasteiger partial charge in [0.05, 0.1) is 11.1 Å². The van der Waals surface area contributed by atoms with Crippen LogP contribution in [0.4, 0.5) is 0 Å². The third-order valence-electron chi connectivity index (χ3n) is 2.93. The predicted octanol–water partition coefficient (Wildman–Crippen LogP) is 2.43. The largest absolute Gasteiger partial charge is 0.269 e. The smallest absolute Gasteiger partial charge is 0.0622 e. The molecule has 2 aliphatic heterocycles. The molecule has 1 spiro atoms. The van der Waals surface area contributed by atoms with Crippen molar-refractivity contribution in [1.82, 2.24) is 0 Å². The lowest BCUT2D eigenvalue weighted by molar-refractivity contribution is 0.700. The fraction of sp³-hybridized carbons (Fsp3) is 0.167. The Bertz CT molecular complexity index is 447. The van der Waals surface area contributed by atoms with E-state index < -0.39 is 0 Å². The van der Waals surface area contributed by atoms with Crippen molar-refractivity contribution in [3.8, 4) is 0 Å². The number of allylic oxidation sites excluding steroid dienone is 6. The van der Waals surface area contributed by atoms with Crippen LogP contribution in [0.15, 0.2) is 58.3 Å². The molecule has 0 saturated heterocycles. The Morgan fingerprint density at radius 2 is 2.21 bits per heavy atom. The Morgan fingerprint density at radius 1 is 1.21 bits per heavy atom. The summed E-state index contributed by atoms with van der Waals surface area (Å²) in [5, 5.41) is 0. The van der Waals surface area contributed by atoms with Crippen molar-refractivity contribution in [3.05, 3.63) is 48.4 Å². The Morgan fingerprint density at radius 3 is 3.21 bits per heavy atom. The first-order chi connectivity index (χ1) is 6.92. The van der Waals surface area contributed by atoms with E-state index in [1.807, 2.05) is 18.6 Å². The van der Waals surface area contributed by atoms with Crippen LogP contribution in [-0.2, 0) is 0 Å². The summed E-state index contributed by atoms with van der Waals surface area (Å²) in [7, 11) is 0. The molecule has 0 bridgehead atoms. The van der Waals surface area contributed by atoms with Gasteiger partial charge in [0.2, 0.25) is 0 Å². The highest BCUT2D eigenvalue weighted by Crippen LogP contribution is 2.41. The molecule has 1 unspecified atom stereocenters. The van der Waals surface area contributed by atoms with E-state index in [1.54, 1.807) is 0 Å². The molecule has 0 aromatic carbocycles. The van der Waals surface area contributed by atoms with Gasteiger partial charge in [-0.25, -0.2) is 0 Å². The normalized spacial score (nSPS) is 32.0. The number of aliphatic imine (C=N–C) groups is 2. The molecule has 2 nitrogen and oxygen atoms in total. The van der Waals surface area contributed by atoms with Crippen LogP contribution in [0.5, 0.6) is 0 Å². The summed E-state index contributed by atoms with van der Waals surface area (Å²) in [6.07, 6.45) is 17.1. The summed E-state index contributed by atoms with van der Waals surface area (Å²) in [4.78, 5) is 8.57. The summed E-state index contributed by atoms with van der Waals surface area (Å²) in [5.74, 6) is 0. The van der Waals surface area contributed by atoms with Crippen molar-refractivity contribution in [2.75, 3.05) is 0 Å². The SMILES string of the molecule is C1=CC2=NC=CC23CC=NC=CC3=C1. The van der Waals surface area contributed by atoms with Crippen LogP contribution < -0.4 is 0 Å². The fourth-order valence-electron chi connectivity index (χ4n) is 2.15. The highest BCUT2D eigenvalue weighted by molar-refractivity contribution is 6.08. The summed E-state index contributed by atoms with van der Waals surface area (Å²) in [5.41, 5.74) is 2.39. The molecular weight excluding hydrogens is 172 g/mol. The second kappa shape index (κ2) is 2.64. The van der Waals surface area contributed by atoms with Gasteiger partial charge in [0.1, 0.15) is 0 Å². The van der Waals surface area contributed by atoms with E-state index in [9.17, 15) is 0 Å². The average Bonchev–Trinajstić information content (AvgIpc) is 2.50. The number of hydrogen-bond acceptors (Lipinski definition) is 2. The second-order valence-electron chi connectivity index (χ2n) is 3.63. The van der Waals surface area contributed by atoms with Gasteiger partial charge in [0, 0.05) is 25.0 Å². The summed E-state index contributed by atoms with van der Waals surface area (Å²) < 4.78 is 0. The minimum atomic E-state index is -0.0226. The number of rotatable bonds is 0. The Kier molecular flexibility index (Phi) is 1.45. The maximum absolute atomic E-state index is 4.39. The van der Waals surface area contributed by atoms with E-state index >= 15 is 0 Å². The minimum Gasteiger partial charge on any atom is -0.269 e. The number of hydrogen-bond donors (Lipinski definition) is 0. The van der Waals surface area contributed by atoms with Crippen molar-refractivity contribution in [3.63, 3.8) is 0 Å². The first-order valence-electron chi connectivity index (χ1n) is 4.75. The highest BCUT2D eigenvalue weighted by atomic mass is 14.8. The zero-order valence-corrected chi connectivity index (χ0v) is 7.72. The van der Waals surface area contributed by atoms with Gasteiger partial charge in [-0.15, -0.1) is 0 Å². The maximum Gasteiger partial charge on any atom is 0.0622 e. The van der Waals surface area contributed by atoms with Crippen molar-refractivity contribution in [2.24, 2.45) is 15.4 Å². The van der Waals surface area contributed by atoms with Gasteiger partial charge < -0.3 is 0 Å². The van der Waals surface area contributed by atoms with E-state index in [4.69, 9.17) is 0 Å². The molecule has 1 atom stereocenters. The summed E-state index contributed by atoms with van der Waals surface area (Å²) >= 11 is 0. The van der Waals surface area contributed by atoms with E-state index in [0.29, 0.717) is 0 Å². The monoisotopic (exact) mass is 182 g/mol. The second-order valence-corrected chi connectivity index (χ2v) is 3.63. The zero-order chi connectivity index (χ0) is 9.43. The van der Waals surface area contributed by atoms with Crippen molar-refractivity contribution in [1.29, 1.82) is 0 Å². The molecule has 68 valence electrons. The Labute approximate surface area is 82.8 Å². The van der Waals surface area contributed by atoms with Gasteiger partial charge >= 0.3 is 0 Å². The zero-order valence-electron chi connectivity index (χ0n) is 7.72. The molecule has 0 amide bonds. The first kappa shape index (κ1) is 7.68. The van der Waals surface area contributed by atoms with Crippen molar-refractivity contribution < 1.29 is 0 Å². The molecule has 2 heterocycles. The lowest BCUT2D eigenvalue weighted by Gasteiger charge is -2.29. The number of nitrogens with zero attached hydrogens (tertiary/aromatic N) is 2. The van der Waals surface area contributed by atoms with Crippen LogP contribution in [0, 0.1) is 5.41 Å². The molecule has 1 aliphatic carbocycles.